The number of nitrogens with zero attached hydrogens (tertiary/aromatic N) is 2. The van der Waals surface area contributed by atoms with E-state index in [1.54, 1.807) is 72.0 Å². The topological polar surface area (TPSA) is 63.4 Å². The van der Waals surface area contributed by atoms with Gasteiger partial charge < -0.3 is 4.42 Å². The van der Waals surface area contributed by atoms with Crippen LogP contribution in [0.15, 0.2) is 102 Å². The van der Waals surface area contributed by atoms with Crippen LogP contribution in [0.5, 0.6) is 0 Å². The van der Waals surface area contributed by atoms with Crippen LogP contribution in [-0.4, -0.2) is 16.7 Å². The molecule has 0 fully saturated rings. The Morgan fingerprint density at radius 2 is 1.47 bits per heavy atom. The van der Waals surface area contributed by atoms with Gasteiger partial charge >= 0.3 is 0 Å². The molecule has 0 radical (unpaired) electrons. The number of hydrogen-bond acceptors (Lipinski definition) is 4. The lowest BCUT2D eigenvalue weighted by Crippen LogP contribution is -2.34. The van der Waals surface area contributed by atoms with Crippen LogP contribution in [-0.2, 0) is 0 Å². The van der Waals surface area contributed by atoms with Crippen molar-refractivity contribution in [1.29, 1.82) is 0 Å². The van der Waals surface area contributed by atoms with E-state index < -0.39 is 0 Å². The summed E-state index contributed by atoms with van der Waals surface area (Å²) in [5.74, 6) is 0.872. The van der Waals surface area contributed by atoms with Gasteiger partial charge in [0.05, 0.1) is 12.3 Å². The molecule has 5 nitrogen and oxygen atoms in total. The molecule has 5 heteroatoms. The highest BCUT2D eigenvalue weighted by Crippen LogP contribution is 2.28. The molecule has 148 valence electrons. The fourth-order valence-electron chi connectivity index (χ4n) is 3.29. The maximum atomic E-state index is 13.4. The van der Waals surface area contributed by atoms with E-state index in [4.69, 9.17) is 4.42 Å². The first-order chi connectivity index (χ1) is 14.6. The van der Waals surface area contributed by atoms with Crippen molar-refractivity contribution in [3.05, 3.63) is 120 Å². The Balaban J connectivity index is 1.64. The average molecular weight is 396 g/mol. The zero-order valence-corrected chi connectivity index (χ0v) is 16.4. The SMILES string of the molecule is CC(c1ccco1)N(C(=O)c1ccc(C(=O)c2ccccc2)cc1)c1ccccn1. The number of rotatable bonds is 6. The van der Waals surface area contributed by atoms with Crippen molar-refractivity contribution in [3.63, 3.8) is 0 Å². The van der Waals surface area contributed by atoms with Crippen LogP contribution in [0, 0.1) is 0 Å². The van der Waals surface area contributed by atoms with Crippen molar-refractivity contribution >= 4 is 17.5 Å². The molecule has 0 bridgehead atoms. The highest BCUT2D eigenvalue weighted by Gasteiger charge is 2.27. The van der Waals surface area contributed by atoms with Crippen molar-refractivity contribution in [2.45, 2.75) is 13.0 Å². The minimum Gasteiger partial charge on any atom is -0.467 e. The molecule has 0 spiro atoms. The van der Waals surface area contributed by atoms with Gasteiger partial charge in [-0.15, -0.1) is 0 Å². The zero-order chi connectivity index (χ0) is 20.9. The maximum absolute atomic E-state index is 13.4. The minimum absolute atomic E-state index is 0.0832. The number of amides is 1. The summed E-state index contributed by atoms with van der Waals surface area (Å²) in [4.78, 5) is 32.0. The standard InChI is InChI=1S/C25H20N2O3/c1-18(22-10-7-17-30-22)27(23-11-5-6-16-26-23)25(29)21-14-12-20(13-15-21)24(28)19-8-3-2-4-9-19/h2-18H,1H3. The van der Waals surface area contributed by atoms with Gasteiger partial charge in [-0.2, -0.15) is 0 Å². The quantitative estimate of drug-likeness (QED) is 0.414. The summed E-state index contributed by atoms with van der Waals surface area (Å²) in [6.45, 7) is 1.89. The van der Waals surface area contributed by atoms with Crippen LogP contribution < -0.4 is 4.90 Å². The molecule has 30 heavy (non-hydrogen) atoms. The maximum Gasteiger partial charge on any atom is 0.260 e. The molecule has 1 unspecified atom stereocenters. The predicted molar refractivity (Wildman–Crippen MR) is 114 cm³/mol. The predicted octanol–water partition coefficient (Wildman–Crippen LogP) is 5.31. The van der Waals surface area contributed by atoms with Crippen LogP contribution >= 0.6 is 0 Å². The van der Waals surface area contributed by atoms with Gasteiger partial charge in [0.1, 0.15) is 11.6 Å². The molecule has 0 N–H and O–H groups in total. The largest absolute Gasteiger partial charge is 0.467 e. The Morgan fingerprint density at radius 3 is 2.10 bits per heavy atom. The van der Waals surface area contributed by atoms with Crippen molar-refractivity contribution in [2.75, 3.05) is 4.90 Å². The Labute approximate surface area is 174 Å². The molecule has 1 atom stereocenters. The molecule has 4 aromatic rings. The number of ketones is 1. The third-order valence-electron chi connectivity index (χ3n) is 4.89. The summed E-state index contributed by atoms with van der Waals surface area (Å²) in [6, 6.07) is 24.4. The van der Waals surface area contributed by atoms with Gasteiger partial charge in [-0.3, -0.25) is 14.5 Å². The van der Waals surface area contributed by atoms with E-state index in [9.17, 15) is 9.59 Å². The van der Waals surface area contributed by atoms with Crippen LogP contribution in [0.1, 0.15) is 45.0 Å². The molecule has 0 aliphatic carbocycles. The van der Waals surface area contributed by atoms with Gasteiger partial charge in [0.2, 0.25) is 0 Å². The second kappa shape index (κ2) is 8.57. The van der Waals surface area contributed by atoms with Gasteiger partial charge in [0.25, 0.3) is 5.91 Å². The van der Waals surface area contributed by atoms with E-state index in [1.807, 2.05) is 37.3 Å². The fourth-order valence-corrected chi connectivity index (χ4v) is 3.29. The third-order valence-corrected chi connectivity index (χ3v) is 4.89. The van der Waals surface area contributed by atoms with Crippen LogP contribution in [0.4, 0.5) is 5.82 Å². The molecule has 4 rings (SSSR count). The number of hydrogen-bond donors (Lipinski definition) is 0. The smallest absolute Gasteiger partial charge is 0.260 e. The van der Waals surface area contributed by atoms with E-state index in [0.717, 1.165) is 0 Å². The van der Waals surface area contributed by atoms with E-state index >= 15 is 0 Å². The summed E-state index contributed by atoms with van der Waals surface area (Å²) < 4.78 is 5.52. The highest BCUT2D eigenvalue weighted by atomic mass is 16.3. The van der Waals surface area contributed by atoms with Gasteiger partial charge in [0.15, 0.2) is 5.78 Å². The molecule has 2 aromatic carbocycles. The lowest BCUT2D eigenvalue weighted by Gasteiger charge is -2.27. The molecule has 0 aliphatic heterocycles. The van der Waals surface area contributed by atoms with Gasteiger partial charge in [-0.05, 0) is 43.3 Å². The molecule has 0 saturated carbocycles. The lowest BCUT2D eigenvalue weighted by atomic mass is 10.0. The van der Waals surface area contributed by atoms with E-state index in [1.165, 1.54) is 0 Å². The number of pyridine rings is 1. The Bertz CT molecular complexity index is 1120. The van der Waals surface area contributed by atoms with E-state index in [2.05, 4.69) is 4.98 Å². The van der Waals surface area contributed by atoms with Crippen LogP contribution in [0.3, 0.4) is 0 Å². The van der Waals surface area contributed by atoms with Crippen molar-refractivity contribution in [2.24, 2.45) is 0 Å². The Morgan fingerprint density at radius 1 is 0.800 bits per heavy atom. The Hall–Kier alpha value is -3.99. The summed E-state index contributed by atoms with van der Waals surface area (Å²) in [5, 5.41) is 0. The molecule has 2 aromatic heterocycles. The average Bonchev–Trinajstić information content (AvgIpc) is 3.35. The molecule has 2 heterocycles. The summed E-state index contributed by atoms with van der Waals surface area (Å²) in [7, 11) is 0. The number of carbonyl (C=O) groups excluding carboxylic acids is 2. The first-order valence-corrected chi connectivity index (χ1v) is 9.63. The fraction of sp³-hybridized carbons (Fsp3) is 0.0800. The van der Waals surface area contributed by atoms with Gasteiger partial charge in [-0.1, -0.05) is 48.5 Å². The van der Waals surface area contributed by atoms with Crippen molar-refractivity contribution < 1.29 is 14.0 Å². The minimum atomic E-state index is -0.354. The number of aromatic nitrogens is 1. The zero-order valence-electron chi connectivity index (χ0n) is 16.4. The van der Waals surface area contributed by atoms with Gasteiger partial charge in [0, 0.05) is 22.9 Å². The van der Waals surface area contributed by atoms with Gasteiger partial charge in [-0.25, -0.2) is 4.98 Å². The second-order valence-electron chi connectivity index (χ2n) is 6.83. The highest BCUT2D eigenvalue weighted by molar-refractivity contribution is 6.10. The molecular weight excluding hydrogens is 376 g/mol. The number of benzene rings is 2. The molecule has 0 aliphatic rings. The van der Waals surface area contributed by atoms with Crippen LogP contribution in [0.2, 0.25) is 0 Å². The second-order valence-corrected chi connectivity index (χ2v) is 6.83. The first-order valence-electron chi connectivity index (χ1n) is 9.63. The first kappa shape index (κ1) is 19.3. The summed E-state index contributed by atoms with van der Waals surface area (Å²) >= 11 is 0. The van der Waals surface area contributed by atoms with Crippen LogP contribution in [0.25, 0.3) is 0 Å². The third kappa shape index (κ3) is 3.91. The van der Waals surface area contributed by atoms with Crippen molar-refractivity contribution in [1.82, 2.24) is 4.98 Å². The molecule has 1 amide bonds. The van der Waals surface area contributed by atoms with E-state index in [0.29, 0.717) is 28.3 Å². The summed E-state index contributed by atoms with van der Waals surface area (Å²) in [5.41, 5.74) is 1.60. The van der Waals surface area contributed by atoms with E-state index in [-0.39, 0.29) is 17.7 Å². The number of carbonyl (C=O) groups is 2. The molecule has 0 saturated heterocycles. The van der Waals surface area contributed by atoms with Crippen molar-refractivity contribution in [3.8, 4) is 0 Å². The monoisotopic (exact) mass is 396 g/mol. The number of anilines is 1. The Kier molecular flexibility index (Phi) is 5.52. The normalized spacial score (nSPS) is 11.6. The molecular formula is C25H20N2O3. The lowest BCUT2D eigenvalue weighted by molar-refractivity contribution is 0.0972. The summed E-state index contributed by atoms with van der Waals surface area (Å²) in [6.07, 6.45) is 3.23. The number of furan rings is 1.